The zero-order valence-corrected chi connectivity index (χ0v) is 17.3. The minimum Gasteiger partial charge on any atom is -0.345 e. The molecule has 1 N–H and O–H groups in total. The summed E-state index contributed by atoms with van der Waals surface area (Å²) in [6.45, 7) is 4.94. The Balaban J connectivity index is 1.65. The van der Waals surface area contributed by atoms with Crippen molar-refractivity contribution < 1.29 is 4.79 Å². The topological polar surface area (TPSA) is 37.3 Å². The van der Waals surface area contributed by atoms with E-state index in [0.717, 1.165) is 43.6 Å². The van der Waals surface area contributed by atoms with Crippen LogP contribution in [-0.4, -0.2) is 22.0 Å². The number of rotatable bonds is 10. The number of carbonyl (C=O) groups excluding carboxylic acids is 1. The normalized spacial score (nSPS) is 10.7. The van der Waals surface area contributed by atoms with Crippen LogP contribution >= 0.6 is 0 Å². The molecular formula is C25H31N3O. The van der Waals surface area contributed by atoms with Gasteiger partial charge in [-0.2, -0.15) is 0 Å². The zero-order valence-electron chi connectivity index (χ0n) is 17.3. The Hall–Kier alpha value is -3.01. The van der Waals surface area contributed by atoms with Gasteiger partial charge in [-0.25, -0.2) is 4.79 Å². The molecule has 0 bridgehead atoms. The quantitative estimate of drug-likeness (QED) is 0.461. The number of carbonyl (C=O) groups is 1. The Morgan fingerprint density at radius 2 is 1.59 bits per heavy atom. The lowest BCUT2D eigenvalue weighted by Crippen LogP contribution is -2.40. The minimum atomic E-state index is -0.00239. The van der Waals surface area contributed by atoms with Gasteiger partial charge >= 0.3 is 6.03 Å². The highest BCUT2D eigenvalue weighted by atomic mass is 16.2. The SMILES string of the molecule is CCCCCN(Cc1cccn1Cc1ccccc1)C(=O)NCc1ccccc1. The van der Waals surface area contributed by atoms with Gasteiger partial charge in [0.25, 0.3) is 0 Å². The van der Waals surface area contributed by atoms with E-state index in [1.807, 2.05) is 41.3 Å². The van der Waals surface area contributed by atoms with Crippen molar-refractivity contribution in [2.75, 3.05) is 6.54 Å². The largest absolute Gasteiger partial charge is 0.345 e. The summed E-state index contributed by atoms with van der Waals surface area (Å²) in [7, 11) is 0. The minimum absolute atomic E-state index is 0.00239. The molecule has 0 aliphatic heterocycles. The van der Waals surface area contributed by atoms with Gasteiger partial charge in [-0.15, -0.1) is 0 Å². The first-order chi connectivity index (χ1) is 14.3. The molecule has 0 unspecified atom stereocenters. The molecule has 4 nitrogen and oxygen atoms in total. The Morgan fingerprint density at radius 1 is 0.897 bits per heavy atom. The maximum Gasteiger partial charge on any atom is 0.318 e. The van der Waals surface area contributed by atoms with Crippen molar-refractivity contribution >= 4 is 6.03 Å². The summed E-state index contributed by atoms with van der Waals surface area (Å²) in [6, 6.07) is 24.6. The van der Waals surface area contributed by atoms with Crippen molar-refractivity contribution in [3.05, 3.63) is 95.8 Å². The van der Waals surface area contributed by atoms with Crippen molar-refractivity contribution in [2.24, 2.45) is 0 Å². The van der Waals surface area contributed by atoms with Gasteiger partial charge < -0.3 is 14.8 Å². The Labute approximate surface area is 174 Å². The van der Waals surface area contributed by atoms with Gasteiger partial charge in [-0.3, -0.25) is 0 Å². The maximum absolute atomic E-state index is 12.9. The molecule has 4 heteroatoms. The second-order valence-corrected chi connectivity index (χ2v) is 7.39. The van der Waals surface area contributed by atoms with Crippen molar-refractivity contribution in [3.63, 3.8) is 0 Å². The molecule has 0 aliphatic rings. The molecular weight excluding hydrogens is 358 g/mol. The number of hydrogen-bond donors (Lipinski definition) is 1. The lowest BCUT2D eigenvalue weighted by atomic mass is 10.2. The number of amides is 2. The molecule has 0 spiro atoms. The van der Waals surface area contributed by atoms with E-state index < -0.39 is 0 Å². The van der Waals surface area contributed by atoms with Crippen LogP contribution < -0.4 is 5.32 Å². The first-order valence-corrected chi connectivity index (χ1v) is 10.5. The molecule has 152 valence electrons. The summed E-state index contributed by atoms with van der Waals surface area (Å²) in [5.41, 5.74) is 3.53. The molecule has 0 saturated heterocycles. The van der Waals surface area contributed by atoms with Crippen LogP contribution in [0.3, 0.4) is 0 Å². The molecule has 0 aliphatic carbocycles. The van der Waals surface area contributed by atoms with Crippen LogP contribution in [-0.2, 0) is 19.6 Å². The highest BCUT2D eigenvalue weighted by Crippen LogP contribution is 2.12. The molecule has 3 rings (SSSR count). The summed E-state index contributed by atoms with van der Waals surface area (Å²) in [5, 5.41) is 3.09. The predicted octanol–water partition coefficient (Wildman–Crippen LogP) is 5.44. The molecule has 0 fully saturated rings. The van der Waals surface area contributed by atoms with Crippen molar-refractivity contribution in [3.8, 4) is 0 Å². The van der Waals surface area contributed by atoms with Gasteiger partial charge in [0.05, 0.1) is 6.54 Å². The summed E-state index contributed by atoms with van der Waals surface area (Å²) in [5.74, 6) is 0. The number of nitrogens with one attached hydrogen (secondary N) is 1. The van der Waals surface area contributed by atoms with Crippen LogP contribution in [0.2, 0.25) is 0 Å². The number of hydrogen-bond acceptors (Lipinski definition) is 1. The van der Waals surface area contributed by atoms with Crippen LogP contribution in [0.25, 0.3) is 0 Å². The third-order valence-corrected chi connectivity index (χ3v) is 5.08. The fourth-order valence-corrected chi connectivity index (χ4v) is 3.41. The number of unbranched alkanes of at least 4 members (excludes halogenated alkanes) is 2. The van der Waals surface area contributed by atoms with Crippen molar-refractivity contribution in [2.45, 2.75) is 45.8 Å². The van der Waals surface area contributed by atoms with Gasteiger partial charge in [0.15, 0.2) is 0 Å². The molecule has 3 aromatic rings. The summed E-state index contributed by atoms with van der Waals surface area (Å²) in [6.07, 6.45) is 5.39. The monoisotopic (exact) mass is 389 g/mol. The Bertz CT molecular complexity index is 858. The van der Waals surface area contributed by atoms with E-state index in [1.165, 1.54) is 5.56 Å². The van der Waals surface area contributed by atoms with Crippen LogP contribution in [0.15, 0.2) is 79.0 Å². The van der Waals surface area contributed by atoms with Crippen LogP contribution in [0, 0.1) is 0 Å². The fraction of sp³-hybridized carbons (Fsp3) is 0.320. The third kappa shape index (κ3) is 6.53. The smallest absolute Gasteiger partial charge is 0.318 e. The van der Waals surface area contributed by atoms with Crippen LogP contribution in [0.4, 0.5) is 4.79 Å². The van der Waals surface area contributed by atoms with E-state index in [1.54, 1.807) is 0 Å². The van der Waals surface area contributed by atoms with Crippen LogP contribution in [0.5, 0.6) is 0 Å². The van der Waals surface area contributed by atoms with E-state index in [0.29, 0.717) is 13.1 Å². The second kappa shape index (κ2) is 11.1. The summed E-state index contributed by atoms with van der Waals surface area (Å²) in [4.78, 5) is 14.9. The molecule has 1 heterocycles. The number of nitrogens with zero attached hydrogens (tertiary/aromatic N) is 2. The van der Waals surface area contributed by atoms with Crippen molar-refractivity contribution in [1.29, 1.82) is 0 Å². The average Bonchev–Trinajstić information content (AvgIpc) is 3.19. The zero-order chi connectivity index (χ0) is 20.3. The lowest BCUT2D eigenvalue weighted by Gasteiger charge is -2.24. The lowest BCUT2D eigenvalue weighted by molar-refractivity contribution is 0.192. The van der Waals surface area contributed by atoms with E-state index in [9.17, 15) is 4.79 Å². The molecule has 0 atom stereocenters. The molecule has 2 amide bonds. The third-order valence-electron chi connectivity index (χ3n) is 5.08. The molecule has 2 aromatic carbocycles. The number of aromatic nitrogens is 1. The second-order valence-electron chi connectivity index (χ2n) is 7.39. The summed E-state index contributed by atoms with van der Waals surface area (Å²) < 4.78 is 2.23. The van der Waals surface area contributed by atoms with Gasteiger partial charge in [-0.1, -0.05) is 80.4 Å². The molecule has 0 radical (unpaired) electrons. The maximum atomic E-state index is 12.9. The Morgan fingerprint density at radius 3 is 2.28 bits per heavy atom. The highest BCUT2D eigenvalue weighted by Gasteiger charge is 2.15. The highest BCUT2D eigenvalue weighted by molar-refractivity contribution is 5.74. The van der Waals surface area contributed by atoms with Gasteiger partial charge in [0.1, 0.15) is 0 Å². The predicted molar refractivity (Wildman–Crippen MR) is 119 cm³/mol. The van der Waals surface area contributed by atoms with E-state index in [-0.39, 0.29) is 6.03 Å². The average molecular weight is 390 g/mol. The van der Waals surface area contributed by atoms with E-state index >= 15 is 0 Å². The standard InChI is InChI=1S/C25H31N3O/c1-2-3-10-17-28(25(29)26-19-22-12-6-4-7-13-22)21-24-16-11-18-27(24)20-23-14-8-5-9-15-23/h4-9,11-16,18H,2-3,10,17,19-21H2,1H3,(H,26,29). The van der Waals surface area contributed by atoms with Gasteiger partial charge in [0.2, 0.25) is 0 Å². The fourth-order valence-electron chi connectivity index (χ4n) is 3.41. The number of urea groups is 1. The van der Waals surface area contributed by atoms with Crippen molar-refractivity contribution in [1.82, 2.24) is 14.8 Å². The number of benzene rings is 2. The first kappa shape index (κ1) is 20.7. The molecule has 0 saturated carbocycles. The van der Waals surface area contributed by atoms with Crippen LogP contribution in [0.1, 0.15) is 43.0 Å². The summed E-state index contributed by atoms with van der Waals surface area (Å²) >= 11 is 0. The first-order valence-electron chi connectivity index (χ1n) is 10.5. The van der Waals surface area contributed by atoms with E-state index in [4.69, 9.17) is 0 Å². The molecule has 29 heavy (non-hydrogen) atoms. The van der Waals surface area contributed by atoms with E-state index in [2.05, 4.69) is 59.4 Å². The molecule has 1 aromatic heterocycles. The van der Waals surface area contributed by atoms with Gasteiger partial charge in [-0.05, 0) is 29.7 Å². The Kier molecular flexibility index (Phi) is 7.93. The van der Waals surface area contributed by atoms with Gasteiger partial charge in [0, 0.05) is 31.5 Å².